The maximum atomic E-state index is 14.0. The second-order valence-corrected chi connectivity index (χ2v) is 11.9. The molecule has 1 fully saturated rings. The molecule has 0 bridgehead atoms. The predicted molar refractivity (Wildman–Crippen MR) is 153 cm³/mol. The standard InChI is InChI=1S/C33H40F2N2O2/c1-32(2,3)24-11-10-12-25(20-24)33(15-8-5-9-16-33)36-22-30(38)29(19-23-17-26(34)21-27(35)18-23)31(39)37-28-13-6-4-7-14-28/h4,6-7,10-14,17-18,20-21,29-30,36,38H,5,8-9,15-16,19,22H2,1-3H3,(H,37,39). The van der Waals surface area contributed by atoms with Crippen LogP contribution in [0, 0.1) is 17.6 Å². The first-order valence-corrected chi connectivity index (χ1v) is 13.9. The van der Waals surface area contributed by atoms with E-state index in [4.69, 9.17) is 0 Å². The summed E-state index contributed by atoms with van der Waals surface area (Å²) < 4.78 is 27.9. The Morgan fingerprint density at radius 3 is 2.23 bits per heavy atom. The molecule has 208 valence electrons. The number of aliphatic hydroxyl groups is 1. The molecule has 39 heavy (non-hydrogen) atoms. The van der Waals surface area contributed by atoms with Gasteiger partial charge in [0, 0.05) is 23.8 Å². The summed E-state index contributed by atoms with van der Waals surface area (Å²) in [5, 5.41) is 17.9. The Morgan fingerprint density at radius 2 is 1.59 bits per heavy atom. The summed E-state index contributed by atoms with van der Waals surface area (Å²) in [5.74, 6) is -2.73. The van der Waals surface area contributed by atoms with Crippen LogP contribution in [0.1, 0.15) is 69.6 Å². The van der Waals surface area contributed by atoms with E-state index < -0.39 is 29.6 Å². The Kier molecular flexibility index (Phi) is 9.19. The third-order valence-electron chi connectivity index (χ3n) is 7.86. The van der Waals surface area contributed by atoms with Gasteiger partial charge in [-0.15, -0.1) is 0 Å². The minimum absolute atomic E-state index is 0.00268. The molecule has 1 aliphatic carbocycles. The van der Waals surface area contributed by atoms with Crippen LogP contribution in [0.3, 0.4) is 0 Å². The fourth-order valence-corrected chi connectivity index (χ4v) is 5.59. The van der Waals surface area contributed by atoms with E-state index in [0.29, 0.717) is 11.3 Å². The van der Waals surface area contributed by atoms with Crippen molar-refractivity contribution < 1.29 is 18.7 Å². The van der Waals surface area contributed by atoms with Crippen molar-refractivity contribution in [2.75, 3.05) is 11.9 Å². The molecule has 0 radical (unpaired) electrons. The minimum atomic E-state index is -1.08. The monoisotopic (exact) mass is 534 g/mol. The number of para-hydroxylation sites is 1. The van der Waals surface area contributed by atoms with Gasteiger partial charge in [-0.2, -0.15) is 0 Å². The first-order valence-electron chi connectivity index (χ1n) is 13.9. The van der Waals surface area contributed by atoms with Crippen LogP contribution >= 0.6 is 0 Å². The van der Waals surface area contributed by atoms with Crippen LogP contribution in [0.2, 0.25) is 0 Å². The van der Waals surface area contributed by atoms with Crippen LogP contribution < -0.4 is 10.6 Å². The summed E-state index contributed by atoms with van der Waals surface area (Å²) in [6.45, 7) is 6.76. The van der Waals surface area contributed by atoms with Crippen LogP contribution in [0.5, 0.6) is 0 Å². The Balaban J connectivity index is 1.58. The largest absolute Gasteiger partial charge is 0.391 e. The highest BCUT2D eigenvalue weighted by molar-refractivity contribution is 5.93. The zero-order chi connectivity index (χ0) is 28.0. The van der Waals surface area contributed by atoms with Crippen LogP contribution in [0.25, 0.3) is 0 Å². The van der Waals surface area contributed by atoms with Crippen LogP contribution in [-0.4, -0.2) is 23.7 Å². The van der Waals surface area contributed by atoms with Gasteiger partial charge < -0.3 is 15.7 Å². The van der Waals surface area contributed by atoms with E-state index >= 15 is 0 Å². The minimum Gasteiger partial charge on any atom is -0.391 e. The molecule has 0 saturated heterocycles. The number of anilines is 1. The molecule has 3 N–H and O–H groups in total. The smallest absolute Gasteiger partial charge is 0.230 e. The summed E-state index contributed by atoms with van der Waals surface area (Å²) in [4.78, 5) is 13.4. The van der Waals surface area contributed by atoms with Gasteiger partial charge in [0.15, 0.2) is 0 Å². The van der Waals surface area contributed by atoms with Gasteiger partial charge in [-0.3, -0.25) is 4.79 Å². The van der Waals surface area contributed by atoms with E-state index in [0.717, 1.165) is 38.2 Å². The summed E-state index contributed by atoms with van der Waals surface area (Å²) in [6, 6.07) is 20.9. The summed E-state index contributed by atoms with van der Waals surface area (Å²) >= 11 is 0. The fraction of sp³-hybridized carbons (Fsp3) is 0.424. The molecule has 1 amide bonds. The molecule has 1 saturated carbocycles. The normalized spacial score (nSPS) is 16.9. The van der Waals surface area contributed by atoms with Crippen molar-refractivity contribution in [3.8, 4) is 0 Å². The summed E-state index contributed by atoms with van der Waals surface area (Å²) in [7, 11) is 0. The number of halogens is 2. The second-order valence-electron chi connectivity index (χ2n) is 11.9. The number of hydrogen-bond donors (Lipinski definition) is 3. The molecule has 2 unspecified atom stereocenters. The number of aliphatic hydroxyl groups excluding tert-OH is 1. The van der Waals surface area contributed by atoms with Crippen molar-refractivity contribution in [1.82, 2.24) is 5.32 Å². The maximum absolute atomic E-state index is 14.0. The molecular formula is C33H40F2N2O2. The molecule has 0 aromatic heterocycles. The van der Waals surface area contributed by atoms with Gasteiger partial charge in [0.25, 0.3) is 0 Å². The third-order valence-corrected chi connectivity index (χ3v) is 7.86. The Bertz CT molecular complexity index is 1230. The Hall–Kier alpha value is -3.09. The van der Waals surface area contributed by atoms with Crippen LogP contribution in [0.15, 0.2) is 72.8 Å². The third kappa shape index (κ3) is 7.52. The SMILES string of the molecule is CC(C)(C)c1cccc(C2(NCC(O)C(Cc3cc(F)cc(F)c3)C(=O)Nc3ccccc3)CCCCC2)c1. The lowest BCUT2D eigenvalue weighted by atomic mass is 9.74. The molecule has 6 heteroatoms. The molecule has 0 aliphatic heterocycles. The number of carbonyl (C=O) groups excluding carboxylic acids is 1. The zero-order valence-corrected chi connectivity index (χ0v) is 23.1. The lowest BCUT2D eigenvalue weighted by Crippen LogP contribution is -2.50. The number of hydrogen-bond acceptors (Lipinski definition) is 3. The van der Waals surface area contributed by atoms with Crippen LogP contribution in [0.4, 0.5) is 14.5 Å². The van der Waals surface area contributed by atoms with Crippen molar-refractivity contribution in [3.63, 3.8) is 0 Å². The average molecular weight is 535 g/mol. The second kappa shape index (κ2) is 12.4. The molecular weight excluding hydrogens is 494 g/mol. The first-order chi connectivity index (χ1) is 18.6. The van der Waals surface area contributed by atoms with E-state index in [1.165, 1.54) is 23.3 Å². The van der Waals surface area contributed by atoms with E-state index in [1.807, 2.05) is 18.2 Å². The number of nitrogens with one attached hydrogen (secondary N) is 2. The average Bonchev–Trinajstić information content (AvgIpc) is 2.90. The van der Waals surface area contributed by atoms with Gasteiger partial charge in [-0.25, -0.2) is 8.78 Å². The molecule has 0 spiro atoms. The molecule has 3 aromatic carbocycles. The van der Waals surface area contributed by atoms with E-state index in [2.05, 4.69) is 55.7 Å². The quantitative estimate of drug-likeness (QED) is 0.281. The molecule has 4 nitrogen and oxygen atoms in total. The molecule has 4 rings (SSSR count). The van der Waals surface area contributed by atoms with Crippen molar-refractivity contribution in [1.29, 1.82) is 0 Å². The van der Waals surface area contributed by atoms with Gasteiger partial charge in [-0.1, -0.05) is 82.5 Å². The highest BCUT2D eigenvalue weighted by atomic mass is 19.1. The van der Waals surface area contributed by atoms with Gasteiger partial charge in [-0.05, 0) is 65.6 Å². The van der Waals surface area contributed by atoms with Gasteiger partial charge in [0.05, 0.1) is 12.0 Å². The van der Waals surface area contributed by atoms with E-state index in [1.54, 1.807) is 12.1 Å². The van der Waals surface area contributed by atoms with E-state index in [-0.39, 0.29) is 23.9 Å². The zero-order valence-electron chi connectivity index (χ0n) is 23.1. The lowest BCUT2D eigenvalue weighted by molar-refractivity contribution is -0.123. The van der Waals surface area contributed by atoms with Gasteiger partial charge >= 0.3 is 0 Å². The molecule has 0 heterocycles. The Labute approximate surface area is 230 Å². The van der Waals surface area contributed by atoms with E-state index in [9.17, 15) is 18.7 Å². The molecule has 3 aromatic rings. The summed E-state index contributed by atoms with van der Waals surface area (Å²) in [6.07, 6.45) is 4.10. The molecule has 1 aliphatic rings. The Morgan fingerprint density at radius 1 is 0.923 bits per heavy atom. The number of rotatable bonds is 9. The van der Waals surface area contributed by atoms with Crippen molar-refractivity contribution in [2.45, 2.75) is 76.4 Å². The maximum Gasteiger partial charge on any atom is 0.230 e. The highest BCUT2D eigenvalue weighted by Gasteiger charge is 2.36. The van der Waals surface area contributed by atoms with Crippen molar-refractivity contribution in [3.05, 3.63) is 101 Å². The first kappa shape index (κ1) is 28.9. The van der Waals surface area contributed by atoms with Crippen molar-refractivity contribution in [2.24, 2.45) is 5.92 Å². The van der Waals surface area contributed by atoms with Gasteiger partial charge in [0.2, 0.25) is 5.91 Å². The highest BCUT2D eigenvalue weighted by Crippen LogP contribution is 2.39. The molecule has 2 atom stereocenters. The lowest BCUT2D eigenvalue weighted by Gasteiger charge is -2.41. The number of amides is 1. The fourth-order valence-electron chi connectivity index (χ4n) is 5.59. The van der Waals surface area contributed by atoms with Crippen LogP contribution in [-0.2, 0) is 22.2 Å². The topological polar surface area (TPSA) is 61.4 Å². The van der Waals surface area contributed by atoms with Gasteiger partial charge in [0.1, 0.15) is 11.6 Å². The predicted octanol–water partition coefficient (Wildman–Crippen LogP) is 6.87. The summed E-state index contributed by atoms with van der Waals surface area (Å²) in [5.41, 5.74) is 3.06. The number of carbonyl (C=O) groups is 1. The number of benzene rings is 3. The van der Waals surface area contributed by atoms with Crippen molar-refractivity contribution >= 4 is 11.6 Å².